The molecule has 0 atom stereocenters. The lowest BCUT2D eigenvalue weighted by Gasteiger charge is -2.07. The van der Waals surface area contributed by atoms with Crippen LogP contribution in [-0.2, 0) is 17.9 Å². The van der Waals surface area contributed by atoms with Crippen molar-refractivity contribution < 1.29 is 9.21 Å². The number of carbonyl (C=O) groups excluding carboxylic acids is 1. The van der Waals surface area contributed by atoms with Gasteiger partial charge < -0.3 is 9.73 Å². The average molecular weight is 344 g/mol. The quantitative estimate of drug-likeness (QED) is 0.772. The summed E-state index contributed by atoms with van der Waals surface area (Å²) in [4.78, 5) is 23.9. The number of rotatable bonds is 5. The second-order valence-electron chi connectivity index (χ2n) is 5.09. The Labute approximate surface area is 142 Å². The zero-order valence-corrected chi connectivity index (χ0v) is 13.4. The Balaban J connectivity index is 1.66. The average Bonchev–Trinajstić information content (AvgIpc) is 3.11. The number of hydrogen-bond acceptors (Lipinski definition) is 4. The van der Waals surface area contributed by atoms with Crippen LogP contribution in [0.5, 0.6) is 0 Å². The smallest absolute Gasteiger partial charge is 0.267 e. The van der Waals surface area contributed by atoms with E-state index in [0.717, 1.165) is 10.2 Å². The number of aromatic nitrogens is 2. The van der Waals surface area contributed by atoms with Gasteiger partial charge in [-0.15, -0.1) is 0 Å². The van der Waals surface area contributed by atoms with E-state index in [9.17, 15) is 9.59 Å². The van der Waals surface area contributed by atoms with Gasteiger partial charge in [0.1, 0.15) is 12.2 Å². The maximum Gasteiger partial charge on any atom is 0.267 e. The Bertz CT molecular complexity index is 886. The fourth-order valence-electron chi connectivity index (χ4n) is 2.11. The van der Waals surface area contributed by atoms with Crippen molar-refractivity contribution in [1.82, 2.24) is 15.1 Å². The standard InChI is InChI=1S/C17H14ClN3O3/c18-13-5-3-12(4-6-13)10-19-16(22)11-21-17(23)8-7-14(20-21)15-2-1-9-24-15/h1-9H,10-11H2,(H,19,22). The lowest BCUT2D eigenvalue weighted by molar-refractivity contribution is -0.122. The summed E-state index contributed by atoms with van der Waals surface area (Å²) in [7, 11) is 0. The van der Waals surface area contributed by atoms with Gasteiger partial charge in [-0.1, -0.05) is 23.7 Å². The maximum absolute atomic E-state index is 12.0. The lowest BCUT2D eigenvalue weighted by Crippen LogP contribution is -2.33. The van der Waals surface area contributed by atoms with Crippen LogP contribution in [0, 0.1) is 0 Å². The minimum atomic E-state index is -0.355. The number of halogens is 1. The first-order valence-electron chi connectivity index (χ1n) is 7.25. The molecule has 24 heavy (non-hydrogen) atoms. The van der Waals surface area contributed by atoms with Crippen molar-refractivity contribution >= 4 is 17.5 Å². The molecule has 0 radical (unpaired) electrons. The second-order valence-corrected chi connectivity index (χ2v) is 5.53. The van der Waals surface area contributed by atoms with E-state index in [-0.39, 0.29) is 18.0 Å². The molecule has 0 aliphatic rings. The van der Waals surface area contributed by atoms with Gasteiger partial charge in [0.25, 0.3) is 5.56 Å². The van der Waals surface area contributed by atoms with Gasteiger partial charge in [0.15, 0.2) is 5.76 Å². The first-order valence-corrected chi connectivity index (χ1v) is 7.63. The number of nitrogens with zero attached hydrogens (tertiary/aromatic N) is 2. The van der Waals surface area contributed by atoms with E-state index >= 15 is 0 Å². The summed E-state index contributed by atoms with van der Waals surface area (Å²) >= 11 is 5.81. The molecule has 0 saturated carbocycles. The summed E-state index contributed by atoms with van der Waals surface area (Å²) in [6.45, 7) is 0.184. The van der Waals surface area contributed by atoms with Gasteiger partial charge in [0.05, 0.1) is 6.26 Å². The molecule has 0 aliphatic carbocycles. The largest absolute Gasteiger partial charge is 0.463 e. The maximum atomic E-state index is 12.0. The van der Waals surface area contributed by atoms with Gasteiger partial charge in [-0.05, 0) is 35.9 Å². The van der Waals surface area contributed by atoms with Crippen LogP contribution in [0.4, 0.5) is 0 Å². The molecule has 6 nitrogen and oxygen atoms in total. The minimum Gasteiger partial charge on any atom is -0.463 e. The molecule has 0 unspecified atom stereocenters. The van der Waals surface area contributed by atoms with E-state index in [1.165, 1.54) is 12.3 Å². The molecule has 1 aromatic carbocycles. The zero-order chi connectivity index (χ0) is 16.9. The van der Waals surface area contributed by atoms with Crippen molar-refractivity contribution in [3.8, 4) is 11.5 Å². The highest BCUT2D eigenvalue weighted by Gasteiger charge is 2.09. The molecule has 1 amide bonds. The molecule has 3 aromatic rings. The van der Waals surface area contributed by atoms with Crippen molar-refractivity contribution in [1.29, 1.82) is 0 Å². The van der Waals surface area contributed by atoms with Crippen LogP contribution in [0.1, 0.15) is 5.56 Å². The van der Waals surface area contributed by atoms with Crippen LogP contribution in [-0.4, -0.2) is 15.7 Å². The Hall–Kier alpha value is -2.86. The van der Waals surface area contributed by atoms with Crippen LogP contribution in [0.25, 0.3) is 11.5 Å². The number of hydrogen-bond donors (Lipinski definition) is 1. The van der Waals surface area contributed by atoms with Crippen LogP contribution in [0.15, 0.2) is 64.0 Å². The number of nitrogens with one attached hydrogen (secondary N) is 1. The Kier molecular flexibility index (Phi) is 4.77. The van der Waals surface area contributed by atoms with Gasteiger partial charge in [-0.3, -0.25) is 9.59 Å². The van der Waals surface area contributed by atoms with Gasteiger partial charge >= 0.3 is 0 Å². The minimum absolute atomic E-state index is 0.166. The molecule has 0 aliphatic heterocycles. The molecule has 1 N–H and O–H groups in total. The third-order valence-corrected chi connectivity index (χ3v) is 3.59. The third-order valence-electron chi connectivity index (χ3n) is 3.34. The van der Waals surface area contributed by atoms with Gasteiger partial charge in [0, 0.05) is 17.6 Å². The van der Waals surface area contributed by atoms with Crippen molar-refractivity contribution in [2.75, 3.05) is 0 Å². The fourth-order valence-corrected chi connectivity index (χ4v) is 2.24. The van der Waals surface area contributed by atoms with Crippen LogP contribution < -0.4 is 10.9 Å². The summed E-state index contributed by atoms with van der Waals surface area (Å²) in [6.07, 6.45) is 1.52. The highest BCUT2D eigenvalue weighted by molar-refractivity contribution is 6.30. The molecule has 0 fully saturated rings. The first kappa shape index (κ1) is 16.0. The number of carbonyl (C=O) groups is 1. The fraction of sp³-hybridized carbons (Fsp3) is 0.118. The molecular weight excluding hydrogens is 330 g/mol. The number of furan rings is 1. The Morgan fingerprint density at radius 3 is 2.67 bits per heavy atom. The topological polar surface area (TPSA) is 77.1 Å². The molecule has 2 aromatic heterocycles. The number of benzene rings is 1. The van der Waals surface area contributed by atoms with E-state index in [1.54, 1.807) is 30.3 Å². The molecular formula is C17H14ClN3O3. The lowest BCUT2D eigenvalue weighted by atomic mass is 10.2. The van der Waals surface area contributed by atoms with Gasteiger partial charge in [-0.2, -0.15) is 5.10 Å². The Morgan fingerprint density at radius 1 is 1.17 bits per heavy atom. The summed E-state index contributed by atoms with van der Waals surface area (Å²) in [5.41, 5.74) is 1.05. The summed E-state index contributed by atoms with van der Waals surface area (Å²) < 4.78 is 6.35. The molecule has 122 valence electrons. The normalized spacial score (nSPS) is 10.5. The number of amides is 1. The highest BCUT2D eigenvalue weighted by atomic mass is 35.5. The summed E-state index contributed by atoms with van der Waals surface area (Å²) in [6, 6.07) is 13.5. The van der Waals surface area contributed by atoms with E-state index in [4.69, 9.17) is 16.0 Å². The Morgan fingerprint density at radius 2 is 1.96 bits per heavy atom. The molecule has 0 bridgehead atoms. The van der Waals surface area contributed by atoms with Crippen molar-refractivity contribution in [3.63, 3.8) is 0 Å². The van der Waals surface area contributed by atoms with Crippen molar-refractivity contribution in [2.45, 2.75) is 13.1 Å². The van der Waals surface area contributed by atoms with E-state index in [1.807, 2.05) is 12.1 Å². The molecule has 7 heteroatoms. The summed E-state index contributed by atoms with van der Waals surface area (Å²) in [5, 5.41) is 7.53. The predicted octanol–water partition coefficient (Wildman–Crippen LogP) is 2.47. The SMILES string of the molecule is O=C(Cn1nc(-c2ccco2)ccc1=O)NCc1ccc(Cl)cc1. The third kappa shape index (κ3) is 3.91. The molecule has 0 saturated heterocycles. The summed E-state index contributed by atoms with van der Waals surface area (Å²) in [5.74, 6) is 0.224. The molecule has 0 spiro atoms. The van der Waals surface area contributed by atoms with Crippen molar-refractivity contribution in [2.24, 2.45) is 0 Å². The van der Waals surface area contributed by atoms with Gasteiger partial charge in [-0.25, -0.2) is 4.68 Å². The van der Waals surface area contributed by atoms with Crippen LogP contribution >= 0.6 is 11.6 Å². The predicted molar refractivity (Wildman–Crippen MR) is 89.5 cm³/mol. The van der Waals surface area contributed by atoms with E-state index < -0.39 is 0 Å². The van der Waals surface area contributed by atoms with Crippen LogP contribution in [0.2, 0.25) is 5.02 Å². The second kappa shape index (κ2) is 7.14. The van der Waals surface area contributed by atoms with Crippen molar-refractivity contribution in [3.05, 3.63) is 75.7 Å². The molecule has 3 rings (SSSR count). The van der Waals surface area contributed by atoms with E-state index in [2.05, 4.69) is 10.4 Å². The molecule has 2 heterocycles. The first-order chi connectivity index (χ1) is 11.6. The zero-order valence-electron chi connectivity index (χ0n) is 12.6. The monoisotopic (exact) mass is 343 g/mol. The highest BCUT2D eigenvalue weighted by Crippen LogP contribution is 2.15. The van der Waals surface area contributed by atoms with Crippen LogP contribution in [0.3, 0.4) is 0 Å². The van der Waals surface area contributed by atoms with Gasteiger partial charge in [0.2, 0.25) is 5.91 Å². The van der Waals surface area contributed by atoms with E-state index in [0.29, 0.717) is 23.0 Å².